The molecule has 8 nitrogen and oxygen atoms in total. The van der Waals surface area contributed by atoms with Gasteiger partial charge in [-0.3, -0.25) is 4.79 Å². The quantitative estimate of drug-likeness (QED) is 0.838. The van der Waals surface area contributed by atoms with E-state index in [1.807, 2.05) is 0 Å². The zero-order chi connectivity index (χ0) is 14.9. The summed E-state index contributed by atoms with van der Waals surface area (Å²) in [5.41, 5.74) is 0.721. The number of amides is 1. The molecule has 0 fully saturated rings. The lowest BCUT2D eigenvalue weighted by Crippen LogP contribution is -2.26. The molecule has 1 aromatic carbocycles. The van der Waals surface area contributed by atoms with Gasteiger partial charge in [0.05, 0.1) is 11.1 Å². The monoisotopic (exact) mass is 295 g/mol. The number of benzene rings is 1. The zero-order valence-electron chi connectivity index (χ0n) is 10.9. The molecule has 9 heteroatoms. The summed E-state index contributed by atoms with van der Waals surface area (Å²) in [7, 11) is -0.576. The van der Waals surface area contributed by atoms with Crippen molar-refractivity contribution >= 4 is 21.6 Å². The molecule has 0 radical (unpaired) electrons. The Morgan fingerprint density at radius 2 is 1.90 bits per heavy atom. The molecule has 2 aromatic rings. The molecular formula is C11H13N5O3S. The minimum atomic E-state index is -3.74. The molecular weight excluding hydrogens is 282 g/mol. The van der Waals surface area contributed by atoms with Gasteiger partial charge in [0.1, 0.15) is 0 Å². The van der Waals surface area contributed by atoms with Crippen LogP contribution in [0.25, 0.3) is 0 Å². The fraction of sp³-hybridized carbons (Fsp3) is 0.182. The van der Waals surface area contributed by atoms with Crippen molar-refractivity contribution in [1.82, 2.24) is 15.0 Å². The van der Waals surface area contributed by atoms with Crippen LogP contribution in [0.2, 0.25) is 0 Å². The average molecular weight is 295 g/mol. The Morgan fingerprint density at radius 1 is 1.30 bits per heavy atom. The van der Waals surface area contributed by atoms with E-state index < -0.39 is 10.0 Å². The van der Waals surface area contributed by atoms with E-state index in [1.54, 1.807) is 14.1 Å². The van der Waals surface area contributed by atoms with Crippen molar-refractivity contribution in [3.63, 3.8) is 0 Å². The third-order valence-electron chi connectivity index (χ3n) is 2.68. The van der Waals surface area contributed by atoms with Gasteiger partial charge in [-0.15, -0.1) is 5.10 Å². The summed E-state index contributed by atoms with van der Waals surface area (Å²) in [5, 5.41) is 12.7. The zero-order valence-corrected chi connectivity index (χ0v) is 11.7. The van der Waals surface area contributed by atoms with Gasteiger partial charge in [0.2, 0.25) is 10.0 Å². The highest BCUT2D eigenvalue weighted by Crippen LogP contribution is 2.17. The van der Waals surface area contributed by atoms with Gasteiger partial charge in [-0.25, -0.2) is 13.6 Å². The Labute approximate surface area is 115 Å². The van der Waals surface area contributed by atoms with Crippen molar-refractivity contribution < 1.29 is 13.2 Å². The minimum Gasteiger partial charge on any atom is -0.310 e. The summed E-state index contributed by atoms with van der Waals surface area (Å²) >= 11 is 0. The normalized spacial score (nSPS) is 11.3. The van der Waals surface area contributed by atoms with Crippen LogP contribution < -0.4 is 10.0 Å². The molecule has 0 spiro atoms. The second kappa shape index (κ2) is 5.02. The van der Waals surface area contributed by atoms with E-state index in [9.17, 15) is 13.2 Å². The number of hydrogen-bond donors (Lipinski definition) is 1. The van der Waals surface area contributed by atoms with Crippen LogP contribution in [0.1, 0.15) is 10.5 Å². The number of hydrogen-bond acceptors (Lipinski definition) is 5. The third-order valence-corrected chi connectivity index (χ3v) is 3.61. The predicted molar refractivity (Wildman–Crippen MR) is 71.6 cm³/mol. The van der Waals surface area contributed by atoms with Crippen molar-refractivity contribution in [3.8, 4) is 0 Å². The summed E-state index contributed by atoms with van der Waals surface area (Å²) in [6.07, 6.45) is 1.36. The van der Waals surface area contributed by atoms with E-state index in [1.165, 1.54) is 40.2 Å². The highest BCUT2D eigenvalue weighted by Gasteiger charge is 2.17. The number of aryl methyl sites for hydroxylation is 1. The summed E-state index contributed by atoms with van der Waals surface area (Å²) in [6.45, 7) is 0. The van der Waals surface area contributed by atoms with Crippen molar-refractivity contribution in [2.24, 2.45) is 12.2 Å². The number of rotatable bonds is 3. The van der Waals surface area contributed by atoms with Gasteiger partial charge in [-0.05, 0) is 24.3 Å². The smallest absolute Gasteiger partial charge is 0.280 e. The van der Waals surface area contributed by atoms with Crippen LogP contribution in [0.5, 0.6) is 0 Å². The number of aromatic nitrogens is 3. The van der Waals surface area contributed by atoms with Crippen molar-refractivity contribution in [2.75, 3.05) is 11.9 Å². The summed E-state index contributed by atoms with van der Waals surface area (Å²) in [5.74, 6) is -0.346. The molecule has 0 saturated heterocycles. The Bertz CT molecular complexity index is 736. The van der Waals surface area contributed by atoms with Crippen LogP contribution in [0.3, 0.4) is 0 Å². The highest BCUT2D eigenvalue weighted by atomic mass is 32.2. The summed E-state index contributed by atoms with van der Waals surface area (Å²) < 4.78 is 22.3. The highest BCUT2D eigenvalue weighted by molar-refractivity contribution is 7.89. The van der Waals surface area contributed by atoms with Crippen LogP contribution in [0.4, 0.5) is 5.69 Å². The fourth-order valence-electron chi connectivity index (χ4n) is 1.59. The van der Waals surface area contributed by atoms with Gasteiger partial charge in [-0.2, -0.15) is 9.90 Å². The van der Waals surface area contributed by atoms with Gasteiger partial charge < -0.3 is 4.90 Å². The topological polar surface area (TPSA) is 111 Å². The third kappa shape index (κ3) is 2.83. The van der Waals surface area contributed by atoms with E-state index >= 15 is 0 Å². The lowest BCUT2D eigenvalue weighted by atomic mass is 10.3. The molecule has 1 amide bonds. The Hall–Kier alpha value is -2.26. The SMILES string of the molecule is CN(C(=O)c1cnn(C)n1)c1ccc(S(N)(=O)=O)cc1. The molecule has 20 heavy (non-hydrogen) atoms. The molecule has 2 N–H and O–H groups in total. The van der Waals surface area contributed by atoms with Gasteiger partial charge in [0.25, 0.3) is 5.91 Å². The molecule has 2 rings (SSSR count). The van der Waals surface area contributed by atoms with Crippen LogP contribution in [0.15, 0.2) is 35.4 Å². The molecule has 1 aromatic heterocycles. The molecule has 0 aliphatic rings. The van der Waals surface area contributed by atoms with Crippen molar-refractivity contribution in [1.29, 1.82) is 0 Å². The maximum absolute atomic E-state index is 12.1. The fourth-order valence-corrected chi connectivity index (χ4v) is 2.11. The van der Waals surface area contributed by atoms with Crippen LogP contribution in [-0.4, -0.2) is 36.4 Å². The lowest BCUT2D eigenvalue weighted by molar-refractivity contribution is 0.0987. The molecule has 0 aliphatic carbocycles. The first-order valence-electron chi connectivity index (χ1n) is 5.56. The Morgan fingerprint density at radius 3 is 2.35 bits per heavy atom. The molecule has 0 unspecified atom stereocenters. The number of sulfonamides is 1. The van der Waals surface area contributed by atoms with Crippen LogP contribution in [-0.2, 0) is 17.1 Å². The molecule has 1 heterocycles. The van der Waals surface area contributed by atoms with Gasteiger partial charge >= 0.3 is 0 Å². The second-order valence-corrected chi connectivity index (χ2v) is 5.68. The lowest BCUT2D eigenvalue weighted by Gasteiger charge is -2.15. The molecule has 0 saturated carbocycles. The largest absolute Gasteiger partial charge is 0.310 e. The number of primary sulfonamides is 1. The van der Waals surface area contributed by atoms with Gasteiger partial charge in [0.15, 0.2) is 5.69 Å². The van der Waals surface area contributed by atoms with Gasteiger partial charge in [0, 0.05) is 19.8 Å². The van der Waals surface area contributed by atoms with Gasteiger partial charge in [-0.1, -0.05) is 0 Å². The van der Waals surface area contributed by atoms with E-state index in [0.29, 0.717) is 5.69 Å². The summed E-state index contributed by atoms with van der Waals surface area (Å²) in [4.78, 5) is 14.7. The van der Waals surface area contributed by atoms with E-state index in [0.717, 1.165) is 0 Å². The maximum Gasteiger partial charge on any atom is 0.280 e. The van der Waals surface area contributed by atoms with Crippen molar-refractivity contribution in [3.05, 3.63) is 36.2 Å². The average Bonchev–Trinajstić information content (AvgIpc) is 2.83. The Balaban J connectivity index is 2.25. The van der Waals surface area contributed by atoms with Crippen LogP contribution >= 0.6 is 0 Å². The van der Waals surface area contributed by atoms with E-state index in [-0.39, 0.29) is 16.5 Å². The number of anilines is 1. The Kier molecular flexibility index (Phi) is 3.55. The molecule has 0 aliphatic heterocycles. The first kappa shape index (κ1) is 14.2. The predicted octanol–water partition coefficient (Wildman–Crippen LogP) is -0.261. The van der Waals surface area contributed by atoms with Crippen LogP contribution in [0, 0.1) is 0 Å². The molecule has 106 valence electrons. The molecule has 0 bridgehead atoms. The number of carbonyl (C=O) groups excluding carboxylic acids is 1. The number of carbonyl (C=O) groups is 1. The van der Waals surface area contributed by atoms with E-state index in [2.05, 4.69) is 10.2 Å². The maximum atomic E-state index is 12.1. The first-order valence-corrected chi connectivity index (χ1v) is 7.11. The second-order valence-electron chi connectivity index (χ2n) is 4.12. The number of nitrogens with two attached hydrogens (primary N) is 1. The first-order chi connectivity index (χ1) is 9.29. The summed E-state index contributed by atoms with van der Waals surface area (Å²) in [6, 6.07) is 5.66. The molecule has 0 atom stereocenters. The number of nitrogens with zero attached hydrogens (tertiary/aromatic N) is 4. The standard InChI is InChI=1S/C11H13N5O3S/c1-15(11(17)10-7-13-16(2)14-10)8-3-5-9(6-4-8)20(12,18)19/h3-7H,1-2H3,(H2,12,18,19). The minimum absolute atomic E-state index is 0.0124. The van der Waals surface area contributed by atoms with E-state index in [4.69, 9.17) is 5.14 Å². The van der Waals surface area contributed by atoms with Crippen molar-refractivity contribution in [2.45, 2.75) is 4.90 Å².